The normalized spacial score (nSPS) is 18.1. The predicted molar refractivity (Wildman–Crippen MR) is 52.4 cm³/mol. The summed E-state index contributed by atoms with van der Waals surface area (Å²) >= 11 is 0. The zero-order chi connectivity index (χ0) is 8.97. The van der Waals surface area contributed by atoms with Gasteiger partial charge in [0.15, 0.2) is 0 Å². The first-order valence-corrected chi connectivity index (χ1v) is 4.68. The van der Waals surface area contributed by atoms with Crippen molar-refractivity contribution in [3.05, 3.63) is 11.8 Å². The van der Waals surface area contributed by atoms with Gasteiger partial charge in [0.05, 0.1) is 0 Å². The molecule has 1 aliphatic carbocycles. The number of rotatable bonds is 5. The van der Waals surface area contributed by atoms with E-state index in [9.17, 15) is 0 Å². The van der Waals surface area contributed by atoms with Gasteiger partial charge in [-0.2, -0.15) is 0 Å². The van der Waals surface area contributed by atoms with Gasteiger partial charge in [0.2, 0.25) is 0 Å². The van der Waals surface area contributed by atoms with Crippen molar-refractivity contribution < 1.29 is 0 Å². The lowest BCUT2D eigenvalue weighted by atomic mass is 10.1. The Morgan fingerprint density at radius 2 is 2.25 bits per heavy atom. The van der Waals surface area contributed by atoms with Crippen molar-refractivity contribution in [2.75, 3.05) is 6.54 Å². The number of hydrogen-bond acceptors (Lipinski definition) is 2. The lowest BCUT2D eigenvalue weighted by Gasteiger charge is -2.05. The molecule has 0 heterocycles. The Hall–Kier alpha value is -0.790. The highest BCUT2D eigenvalue weighted by Crippen LogP contribution is 2.27. The molecule has 2 N–H and O–H groups in total. The monoisotopic (exact) mass is 166 g/mol. The quantitative estimate of drug-likeness (QED) is 0.603. The highest BCUT2D eigenvalue weighted by Gasteiger charge is 2.19. The van der Waals surface area contributed by atoms with E-state index in [0.717, 1.165) is 18.0 Å². The topological polar surface area (TPSA) is 35.9 Å². The highest BCUT2D eigenvalue weighted by molar-refractivity contribution is 5.75. The average Bonchev–Trinajstić information content (AvgIpc) is 2.80. The summed E-state index contributed by atoms with van der Waals surface area (Å²) in [6, 6.07) is 0. The van der Waals surface area contributed by atoms with Gasteiger partial charge in [-0.05, 0) is 30.3 Å². The molecule has 1 saturated carbocycles. The van der Waals surface area contributed by atoms with Crippen molar-refractivity contribution >= 4 is 6.21 Å². The first kappa shape index (κ1) is 9.30. The van der Waals surface area contributed by atoms with E-state index in [1.807, 2.05) is 6.20 Å². The summed E-state index contributed by atoms with van der Waals surface area (Å²) in [6.45, 7) is 5.30. The maximum atomic E-state index is 7.16. The van der Waals surface area contributed by atoms with Crippen molar-refractivity contribution in [3.63, 3.8) is 0 Å². The van der Waals surface area contributed by atoms with Crippen molar-refractivity contribution in [1.29, 1.82) is 5.41 Å². The fraction of sp³-hybridized carbons (Fsp3) is 0.700. The van der Waals surface area contributed by atoms with Gasteiger partial charge in [0.25, 0.3) is 0 Å². The molecule has 0 amide bonds. The Balaban J connectivity index is 2.24. The molecule has 0 unspecified atom stereocenters. The minimum atomic E-state index is 0.453. The van der Waals surface area contributed by atoms with Gasteiger partial charge in [-0.15, -0.1) is 0 Å². The van der Waals surface area contributed by atoms with Crippen LogP contribution in [0.3, 0.4) is 0 Å². The lowest BCUT2D eigenvalue weighted by Crippen LogP contribution is -2.11. The maximum Gasteiger partial charge on any atom is 0.0226 e. The third-order valence-electron chi connectivity index (χ3n) is 2.21. The molecule has 0 atom stereocenters. The van der Waals surface area contributed by atoms with Crippen LogP contribution in [0.5, 0.6) is 0 Å². The third kappa shape index (κ3) is 3.07. The van der Waals surface area contributed by atoms with E-state index in [0.29, 0.717) is 5.92 Å². The van der Waals surface area contributed by atoms with E-state index in [-0.39, 0.29) is 0 Å². The summed E-state index contributed by atoms with van der Waals surface area (Å²) in [5, 5.41) is 10.4. The van der Waals surface area contributed by atoms with Crippen LogP contribution in [-0.4, -0.2) is 12.8 Å². The number of allylic oxidation sites excluding steroid dienone is 1. The first-order chi connectivity index (χ1) is 5.74. The van der Waals surface area contributed by atoms with Crippen LogP contribution in [0.1, 0.15) is 26.7 Å². The Kier molecular flexibility index (Phi) is 3.32. The van der Waals surface area contributed by atoms with Crippen LogP contribution in [-0.2, 0) is 0 Å². The van der Waals surface area contributed by atoms with E-state index in [1.54, 1.807) is 0 Å². The largest absolute Gasteiger partial charge is 0.390 e. The van der Waals surface area contributed by atoms with Crippen LogP contribution in [0, 0.1) is 17.2 Å². The summed E-state index contributed by atoms with van der Waals surface area (Å²) in [6.07, 6.45) is 6.17. The van der Waals surface area contributed by atoms with Crippen molar-refractivity contribution in [1.82, 2.24) is 5.32 Å². The Labute approximate surface area is 74.6 Å². The molecule has 68 valence electrons. The van der Waals surface area contributed by atoms with Crippen molar-refractivity contribution in [2.24, 2.45) is 11.8 Å². The van der Waals surface area contributed by atoms with Crippen LogP contribution >= 0.6 is 0 Å². The molecule has 12 heavy (non-hydrogen) atoms. The Bertz CT molecular complexity index is 178. The van der Waals surface area contributed by atoms with Crippen molar-refractivity contribution in [3.8, 4) is 0 Å². The van der Waals surface area contributed by atoms with Crippen LogP contribution in [0.25, 0.3) is 0 Å². The zero-order valence-electron chi connectivity index (χ0n) is 7.93. The molecule has 1 aliphatic rings. The van der Waals surface area contributed by atoms with Crippen molar-refractivity contribution in [2.45, 2.75) is 26.7 Å². The number of nitrogens with one attached hydrogen (secondary N) is 2. The molecule has 0 radical (unpaired) electrons. The molecule has 0 saturated heterocycles. The van der Waals surface area contributed by atoms with Crippen LogP contribution in [0.2, 0.25) is 0 Å². The summed E-state index contributed by atoms with van der Waals surface area (Å²) in [7, 11) is 0. The molecule has 0 spiro atoms. The summed E-state index contributed by atoms with van der Waals surface area (Å²) in [4.78, 5) is 0. The van der Waals surface area contributed by atoms with Gasteiger partial charge in [-0.1, -0.05) is 13.8 Å². The minimum absolute atomic E-state index is 0.453. The van der Waals surface area contributed by atoms with Crippen LogP contribution in [0.15, 0.2) is 11.8 Å². The molecule has 0 aromatic carbocycles. The molecule has 0 bridgehead atoms. The maximum absolute atomic E-state index is 7.16. The second kappa shape index (κ2) is 4.29. The molecule has 0 aromatic heterocycles. The summed E-state index contributed by atoms with van der Waals surface area (Å²) in [5.41, 5.74) is 1.08. The number of hydrogen-bond donors (Lipinski definition) is 2. The minimum Gasteiger partial charge on any atom is -0.390 e. The standard InChI is InChI=1S/C10H18N2/c1-8(2)10(5-11)7-12-6-9-3-4-9/h5,7-9,11-12H,3-4,6H2,1-2H3/b10-7+,11-5?. The highest BCUT2D eigenvalue weighted by atomic mass is 14.8. The Morgan fingerprint density at radius 3 is 2.67 bits per heavy atom. The van der Waals surface area contributed by atoms with E-state index in [2.05, 4.69) is 19.2 Å². The second-order valence-electron chi connectivity index (χ2n) is 3.79. The zero-order valence-corrected chi connectivity index (χ0v) is 7.93. The van der Waals surface area contributed by atoms with E-state index >= 15 is 0 Å². The third-order valence-corrected chi connectivity index (χ3v) is 2.21. The van der Waals surface area contributed by atoms with Gasteiger partial charge in [-0.3, -0.25) is 0 Å². The molecule has 1 fully saturated rings. The van der Waals surface area contributed by atoms with Gasteiger partial charge < -0.3 is 10.7 Å². The van der Waals surface area contributed by atoms with Gasteiger partial charge in [0.1, 0.15) is 0 Å². The average molecular weight is 166 g/mol. The fourth-order valence-electron chi connectivity index (χ4n) is 1.04. The molecule has 2 heteroatoms. The van der Waals surface area contributed by atoms with E-state index in [1.165, 1.54) is 19.1 Å². The molecular weight excluding hydrogens is 148 g/mol. The van der Waals surface area contributed by atoms with Gasteiger partial charge in [-0.25, -0.2) is 0 Å². The van der Waals surface area contributed by atoms with E-state index < -0.39 is 0 Å². The fourth-order valence-corrected chi connectivity index (χ4v) is 1.04. The van der Waals surface area contributed by atoms with Gasteiger partial charge >= 0.3 is 0 Å². The van der Waals surface area contributed by atoms with Crippen LogP contribution < -0.4 is 5.32 Å². The Morgan fingerprint density at radius 1 is 1.58 bits per heavy atom. The van der Waals surface area contributed by atoms with E-state index in [4.69, 9.17) is 5.41 Å². The molecular formula is C10H18N2. The molecule has 0 aromatic rings. The lowest BCUT2D eigenvalue weighted by molar-refractivity contribution is 0.727. The van der Waals surface area contributed by atoms with Gasteiger partial charge in [0, 0.05) is 19.0 Å². The predicted octanol–water partition coefficient (Wildman–Crippen LogP) is 2.18. The SMILES string of the molecule is CC(C)/C(C=N)=C/NCC1CC1. The molecule has 1 rings (SSSR count). The first-order valence-electron chi connectivity index (χ1n) is 4.68. The molecule has 0 aliphatic heterocycles. The smallest absolute Gasteiger partial charge is 0.0226 e. The summed E-state index contributed by atoms with van der Waals surface area (Å²) < 4.78 is 0. The molecule has 2 nitrogen and oxygen atoms in total. The second-order valence-corrected chi connectivity index (χ2v) is 3.79. The van der Waals surface area contributed by atoms with Crippen LogP contribution in [0.4, 0.5) is 0 Å². The summed E-state index contributed by atoms with van der Waals surface area (Å²) in [5.74, 6) is 1.36.